The number of amides is 1. The fourth-order valence-electron chi connectivity index (χ4n) is 4.16. The molecule has 2 aromatic carbocycles. The highest BCUT2D eigenvalue weighted by atomic mass is 19.1. The van der Waals surface area contributed by atoms with Crippen molar-refractivity contribution in [3.8, 4) is 0 Å². The molecule has 1 N–H and O–H groups in total. The second kappa shape index (κ2) is 8.17. The van der Waals surface area contributed by atoms with Gasteiger partial charge in [0.15, 0.2) is 0 Å². The zero-order chi connectivity index (χ0) is 19.4. The summed E-state index contributed by atoms with van der Waals surface area (Å²) >= 11 is 0. The molecule has 2 atom stereocenters. The standard InChI is InChI=1S/C22H25F2NO2/c1-16(19-5-2-3-6-20(19)24)25-13-12-22(11-4-14-26,15-21(25)27)17-7-9-18(23)10-8-17/h2-3,5-10,16,26H,4,11-15H2,1H3/t16-,22-/m0/s1. The van der Waals surface area contributed by atoms with Crippen molar-refractivity contribution in [1.82, 2.24) is 4.90 Å². The van der Waals surface area contributed by atoms with Crippen molar-refractivity contribution in [3.05, 3.63) is 71.3 Å². The fourth-order valence-corrected chi connectivity index (χ4v) is 4.16. The van der Waals surface area contributed by atoms with Gasteiger partial charge in [-0.05, 0) is 49.9 Å². The molecular weight excluding hydrogens is 348 g/mol. The number of hydrogen-bond acceptors (Lipinski definition) is 2. The maximum atomic E-state index is 14.1. The van der Waals surface area contributed by atoms with E-state index < -0.39 is 5.41 Å². The quantitative estimate of drug-likeness (QED) is 0.817. The molecule has 0 aliphatic carbocycles. The summed E-state index contributed by atoms with van der Waals surface area (Å²) in [4.78, 5) is 14.7. The van der Waals surface area contributed by atoms with Crippen molar-refractivity contribution >= 4 is 5.91 Å². The molecule has 2 aromatic rings. The molecule has 1 aliphatic rings. The van der Waals surface area contributed by atoms with Crippen molar-refractivity contribution in [3.63, 3.8) is 0 Å². The molecule has 3 nitrogen and oxygen atoms in total. The van der Waals surface area contributed by atoms with Gasteiger partial charge in [-0.3, -0.25) is 4.79 Å². The Labute approximate surface area is 158 Å². The van der Waals surface area contributed by atoms with Crippen LogP contribution in [0.25, 0.3) is 0 Å². The van der Waals surface area contributed by atoms with Crippen LogP contribution < -0.4 is 0 Å². The van der Waals surface area contributed by atoms with E-state index in [9.17, 15) is 18.7 Å². The van der Waals surface area contributed by atoms with Gasteiger partial charge in [-0.15, -0.1) is 0 Å². The average molecular weight is 373 g/mol. The fraction of sp³-hybridized carbons (Fsp3) is 0.409. The van der Waals surface area contributed by atoms with E-state index in [2.05, 4.69) is 0 Å². The lowest BCUT2D eigenvalue weighted by atomic mass is 9.69. The van der Waals surface area contributed by atoms with Crippen LogP contribution in [-0.2, 0) is 10.2 Å². The molecule has 144 valence electrons. The zero-order valence-corrected chi connectivity index (χ0v) is 15.5. The summed E-state index contributed by atoms with van der Waals surface area (Å²) < 4.78 is 27.5. The van der Waals surface area contributed by atoms with Crippen molar-refractivity contribution in [1.29, 1.82) is 0 Å². The summed E-state index contributed by atoms with van der Waals surface area (Å²) in [5.74, 6) is -0.666. The predicted molar refractivity (Wildman–Crippen MR) is 100 cm³/mol. The van der Waals surface area contributed by atoms with Crippen molar-refractivity contribution in [2.45, 2.75) is 44.1 Å². The largest absolute Gasteiger partial charge is 0.396 e. The van der Waals surface area contributed by atoms with E-state index in [0.29, 0.717) is 31.4 Å². The summed E-state index contributed by atoms with van der Waals surface area (Å²) in [5, 5.41) is 9.29. The second-order valence-corrected chi connectivity index (χ2v) is 7.33. The number of piperidine rings is 1. The molecule has 0 aromatic heterocycles. The molecule has 0 spiro atoms. The van der Waals surface area contributed by atoms with E-state index in [1.54, 1.807) is 35.2 Å². The number of carbonyl (C=O) groups excluding carboxylic acids is 1. The Hall–Kier alpha value is -2.27. The number of hydrogen-bond donors (Lipinski definition) is 1. The van der Waals surface area contributed by atoms with Crippen LogP contribution in [0, 0.1) is 11.6 Å². The molecule has 1 heterocycles. The smallest absolute Gasteiger partial charge is 0.223 e. The minimum Gasteiger partial charge on any atom is -0.396 e. The molecule has 1 saturated heterocycles. The minimum atomic E-state index is -0.418. The molecule has 0 unspecified atom stereocenters. The van der Waals surface area contributed by atoms with Gasteiger partial charge < -0.3 is 10.0 Å². The van der Waals surface area contributed by atoms with Gasteiger partial charge in [0.05, 0.1) is 6.04 Å². The van der Waals surface area contributed by atoms with Gasteiger partial charge in [-0.25, -0.2) is 8.78 Å². The topological polar surface area (TPSA) is 40.5 Å². The van der Waals surface area contributed by atoms with Crippen LogP contribution in [0.15, 0.2) is 48.5 Å². The number of likely N-dealkylation sites (tertiary alicyclic amines) is 1. The van der Waals surface area contributed by atoms with Gasteiger partial charge in [0.1, 0.15) is 11.6 Å². The Morgan fingerprint density at radius 2 is 1.85 bits per heavy atom. The first kappa shape index (κ1) is 19.5. The summed E-state index contributed by atoms with van der Waals surface area (Å²) in [5.41, 5.74) is 1.01. The number of rotatable bonds is 6. The first-order chi connectivity index (χ1) is 13.0. The number of halogens is 2. The molecule has 3 rings (SSSR count). The van der Waals surface area contributed by atoms with Crippen LogP contribution in [-0.4, -0.2) is 29.1 Å². The Morgan fingerprint density at radius 1 is 1.15 bits per heavy atom. The zero-order valence-electron chi connectivity index (χ0n) is 15.5. The minimum absolute atomic E-state index is 0.0423. The Kier molecular flexibility index (Phi) is 5.90. The number of carbonyl (C=O) groups is 1. The summed E-state index contributed by atoms with van der Waals surface area (Å²) in [6.07, 6.45) is 2.21. The number of aliphatic hydroxyl groups excluding tert-OH is 1. The third kappa shape index (κ3) is 4.03. The van der Waals surface area contributed by atoms with E-state index in [0.717, 1.165) is 5.56 Å². The SMILES string of the molecule is C[C@@H](c1ccccc1F)N1CC[C@](CCCO)(c2ccc(F)cc2)CC1=O. The lowest BCUT2D eigenvalue weighted by Gasteiger charge is -2.44. The van der Waals surface area contributed by atoms with Crippen molar-refractivity contribution in [2.75, 3.05) is 13.2 Å². The number of benzene rings is 2. The molecule has 0 saturated carbocycles. The first-order valence-corrected chi connectivity index (χ1v) is 9.38. The van der Waals surface area contributed by atoms with E-state index in [1.807, 2.05) is 6.92 Å². The van der Waals surface area contributed by atoms with Crippen LogP contribution in [0.3, 0.4) is 0 Å². The van der Waals surface area contributed by atoms with Gasteiger partial charge in [0, 0.05) is 30.6 Å². The van der Waals surface area contributed by atoms with Gasteiger partial charge in [0.25, 0.3) is 0 Å². The molecule has 1 fully saturated rings. The molecular formula is C22H25F2NO2. The van der Waals surface area contributed by atoms with Crippen molar-refractivity contribution < 1.29 is 18.7 Å². The van der Waals surface area contributed by atoms with Crippen LogP contribution >= 0.6 is 0 Å². The highest BCUT2D eigenvalue weighted by molar-refractivity contribution is 5.79. The monoisotopic (exact) mass is 373 g/mol. The summed E-state index contributed by atoms with van der Waals surface area (Å²) in [6, 6.07) is 12.5. The molecule has 1 aliphatic heterocycles. The number of aliphatic hydroxyl groups is 1. The number of nitrogens with zero attached hydrogens (tertiary/aromatic N) is 1. The van der Waals surface area contributed by atoms with E-state index in [1.165, 1.54) is 18.2 Å². The maximum absolute atomic E-state index is 14.1. The Balaban J connectivity index is 1.84. The average Bonchev–Trinajstić information content (AvgIpc) is 2.67. The highest BCUT2D eigenvalue weighted by Gasteiger charge is 2.41. The van der Waals surface area contributed by atoms with E-state index in [-0.39, 0.29) is 36.6 Å². The normalized spacial score (nSPS) is 21.3. The third-order valence-corrected chi connectivity index (χ3v) is 5.73. The van der Waals surface area contributed by atoms with E-state index >= 15 is 0 Å². The van der Waals surface area contributed by atoms with Gasteiger partial charge in [-0.1, -0.05) is 30.3 Å². The Bertz CT molecular complexity index is 793. The third-order valence-electron chi connectivity index (χ3n) is 5.73. The van der Waals surface area contributed by atoms with Crippen LogP contribution in [0.1, 0.15) is 49.8 Å². The van der Waals surface area contributed by atoms with Crippen LogP contribution in [0.5, 0.6) is 0 Å². The summed E-state index contributed by atoms with van der Waals surface area (Å²) in [7, 11) is 0. The van der Waals surface area contributed by atoms with Gasteiger partial charge in [0.2, 0.25) is 5.91 Å². The second-order valence-electron chi connectivity index (χ2n) is 7.33. The molecule has 0 radical (unpaired) electrons. The van der Waals surface area contributed by atoms with Crippen LogP contribution in [0.4, 0.5) is 8.78 Å². The predicted octanol–water partition coefficient (Wildman–Crippen LogP) is 4.36. The van der Waals surface area contributed by atoms with Gasteiger partial charge in [-0.2, -0.15) is 0 Å². The highest BCUT2D eigenvalue weighted by Crippen LogP contribution is 2.42. The van der Waals surface area contributed by atoms with Crippen LogP contribution in [0.2, 0.25) is 0 Å². The molecule has 1 amide bonds. The van der Waals surface area contributed by atoms with E-state index in [4.69, 9.17) is 0 Å². The Morgan fingerprint density at radius 3 is 2.48 bits per heavy atom. The molecule has 5 heteroatoms. The lowest BCUT2D eigenvalue weighted by Crippen LogP contribution is -2.47. The van der Waals surface area contributed by atoms with Crippen molar-refractivity contribution in [2.24, 2.45) is 0 Å². The molecule has 27 heavy (non-hydrogen) atoms. The summed E-state index contributed by atoms with van der Waals surface area (Å²) in [6.45, 7) is 2.39. The lowest BCUT2D eigenvalue weighted by molar-refractivity contribution is -0.138. The first-order valence-electron chi connectivity index (χ1n) is 9.38. The maximum Gasteiger partial charge on any atom is 0.223 e. The van der Waals surface area contributed by atoms with Gasteiger partial charge >= 0.3 is 0 Å². The molecule has 0 bridgehead atoms.